The number of likely N-dealkylation sites (tertiary alicyclic amines) is 1. The first-order valence-corrected chi connectivity index (χ1v) is 7.09. The van der Waals surface area contributed by atoms with Crippen LogP contribution in [0.5, 0.6) is 0 Å². The molecule has 20 heavy (non-hydrogen) atoms. The maximum absolute atomic E-state index is 14.0. The minimum absolute atomic E-state index is 0.252. The van der Waals surface area contributed by atoms with Crippen molar-refractivity contribution in [1.29, 1.82) is 0 Å². The van der Waals surface area contributed by atoms with Crippen LogP contribution in [0.3, 0.4) is 0 Å². The zero-order valence-corrected chi connectivity index (χ0v) is 12.1. The molecule has 0 amide bonds. The molecule has 1 aliphatic heterocycles. The molecule has 112 valence electrons. The Morgan fingerprint density at radius 2 is 2.15 bits per heavy atom. The average Bonchev–Trinajstić information content (AvgIpc) is 2.83. The zero-order chi connectivity index (χ0) is 14.7. The molecule has 0 aromatic heterocycles. The molecule has 0 spiro atoms. The highest BCUT2D eigenvalue weighted by atomic mass is 19.2. The zero-order valence-electron chi connectivity index (χ0n) is 12.1. The molecule has 1 fully saturated rings. The van der Waals surface area contributed by atoms with Crippen LogP contribution < -0.4 is 5.73 Å². The van der Waals surface area contributed by atoms with Gasteiger partial charge < -0.3 is 10.6 Å². The van der Waals surface area contributed by atoms with Gasteiger partial charge in [-0.15, -0.1) is 0 Å². The monoisotopic (exact) mass is 283 g/mol. The summed E-state index contributed by atoms with van der Waals surface area (Å²) < 4.78 is 27.4. The van der Waals surface area contributed by atoms with E-state index in [1.165, 1.54) is 0 Å². The van der Waals surface area contributed by atoms with Crippen LogP contribution in [-0.4, -0.2) is 49.6 Å². The van der Waals surface area contributed by atoms with E-state index in [9.17, 15) is 8.78 Å². The van der Waals surface area contributed by atoms with Crippen LogP contribution in [0.4, 0.5) is 8.78 Å². The SMILES string of the molecule is CN(C)CC1CCCN1C(CN)c1cccc(F)c1F. The number of halogens is 2. The number of likely N-dealkylation sites (N-methyl/N-ethyl adjacent to an activating group) is 1. The summed E-state index contributed by atoms with van der Waals surface area (Å²) >= 11 is 0. The van der Waals surface area contributed by atoms with Crippen molar-refractivity contribution in [3.8, 4) is 0 Å². The van der Waals surface area contributed by atoms with Crippen molar-refractivity contribution >= 4 is 0 Å². The Hall–Kier alpha value is -1.04. The average molecular weight is 283 g/mol. The summed E-state index contributed by atoms with van der Waals surface area (Å²) in [5, 5.41) is 0. The molecular weight excluding hydrogens is 260 g/mol. The fourth-order valence-electron chi connectivity index (χ4n) is 3.10. The van der Waals surface area contributed by atoms with E-state index in [-0.39, 0.29) is 6.04 Å². The smallest absolute Gasteiger partial charge is 0.163 e. The van der Waals surface area contributed by atoms with E-state index in [0.717, 1.165) is 32.0 Å². The van der Waals surface area contributed by atoms with Gasteiger partial charge in [0, 0.05) is 24.7 Å². The summed E-state index contributed by atoms with van der Waals surface area (Å²) in [6, 6.07) is 4.43. The van der Waals surface area contributed by atoms with Gasteiger partial charge in [0.25, 0.3) is 0 Å². The van der Waals surface area contributed by atoms with Crippen molar-refractivity contribution < 1.29 is 8.78 Å². The lowest BCUT2D eigenvalue weighted by molar-refractivity contribution is 0.152. The largest absolute Gasteiger partial charge is 0.329 e. The molecule has 1 aliphatic rings. The van der Waals surface area contributed by atoms with Gasteiger partial charge in [-0.2, -0.15) is 0 Å². The van der Waals surface area contributed by atoms with Crippen molar-refractivity contribution in [1.82, 2.24) is 9.80 Å². The molecule has 1 saturated heterocycles. The fraction of sp³-hybridized carbons (Fsp3) is 0.600. The van der Waals surface area contributed by atoms with Crippen LogP contribution in [0, 0.1) is 11.6 Å². The summed E-state index contributed by atoms with van der Waals surface area (Å²) in [5.41, 5.74) is 6.23. The number of nitrogens with zero attached hydrogens (tertiary/aromatic N) is 2. The first kappa shape index (κ1) is 15.4. The van der Waals surface area contributed by atoms with Gasteiger partial charge in [-0.1, -0.05) is 12.1 Å². The van der Waals surface area contributed by atoms with E-state index in [1.807, 2.05) is 14.1 Å². The molecule has 0 aliphatic carbocycles. The van der Waals surface area contributed by atoms with Crippen LogP contribution in [0.15, 0.2) is 18.2 Å². The first-order chi connectivity index (χ1) is 9.54. The molecular formula is C15H23F2N3. The number of rotatable bonds is 5. The molecule has 1 aromatic carbocycles. The van der Waals surface area contributed by atoms with Crippen molar-refractivity contribution in [2.45, 2.75) is 24.9 Å². The van der Waals surface area contributed by atoms with Crippen LogP contribution in [0.1, 0.15) is 24.4 Å². The van der Waals surface area contributed by atoms with Crippen molar-refractivity contribution in [2.24, 2.45) is 5.73 Å². The van der Waals surface area contributed by atoms with Crippen molar-refractivity contribution in [3.05, 3.63) is 35.4 Å². The van der Waals surface area contributed by atoms with Gasteiger partial charge in [0.1, 0.15) is 0 Å². The summed E-state index contributed by atoms with van der Waals surface area (Å²) in [7, 11) is 4.05. The van der Waals surface area contributed by atoms with Crippen molar-refractivity contribution in [3.63, 3.8) is 0 Å². The Morgan fingerprint density at radius 3 is 2.80 bits per heavy atom. The van der Waals surface area contributed by atoms with Crippen molar-refractivity contribution in [2.75, 3.05) is 33.7 Å². The Labute approximate surface area is 119 Å². The second kappa shape index (κ2) is 6.61. The first-order valence-electron chi connectivity index (χ1n) is 7.09. The summed E-state index contributed by atoms with van der Waals surface area (Å²) in [6.45, 7) is 2.09. The third kappa shape index (κ3) is 3.16. The topological polar surface area (TPSA) is 32.5 Å². The highest BCUT2D eigenvalue weighted by Crippen LogP contribution is 2.31. The third-order valence-corrected chi connectivity index (χ3v) is 3.96. The normalized spacial score (nSPS) is 21.6. The summed E-state index contributed by atoms with van der Waals surface area (Å²) in [5.74, 6) is -1.57. The van der Waals surface area contributed by atoms with E-state index in [1.54, 1.807) is 12.1 Å². The lowest BCUT2D eigenvalue weighted by Crippen LogP contribution is -2.42. The summed E-state index contributed by atoms with van der Waals surface area (Å²) in [4.78, 5) is 4.34. The third-order valence-electron chi connectivity index (χ3n) is 3.96. The van der Waals surface area contributed by atoms with Gasteiger partial charge in [-0.05, 0) is 39.5 Å². The van der Waals surface area contributed by atoms with Crippen LogP contribution in [0.2, 0.25) is 0 Å². The van der Waals surface area contributed by atoms with Crippen LogP contribution in [-0.2, 0) is 0 Å². The minimum Gasteiger partial charge on any atom is -0.329 e. The Balaban J connectivity index is 2.25. The number of hydrogen-bond acceptors (Lipinski definition) is 3. The van der Waals surface area contributed by atoms with Gasteiger partial charge in [0.15, 0.2) is 11.6 Å². The number of benzene rings is 1. The number of hydrogen-bond donors (Lipinski definition) is 1. The molecule has 2 N–H and O–H groups in total. The highest BCUT2D eigenvalue weighted by molar-refractivity contribution is 5.23. The molecule has 1 heterocycles. The predicted molar refractivity (Wildman–Crippen MR) is 76.4 cm³/mol. The van der Waals surface area contributed by atoms with E-state index in [0.29, 0.717) is 18.2 Å². The fourth-order valence-corrected chi connectivity index (χ4v) is 3.10. The van der Waals surface area contributed by atoms with Gasteiger partial charge in [0.05, 0.1) is 6.04 Å². The molecule has 0 radical (unpaired) electrons. The maximum Gasteiger partial charge on any atom is 0.163 e. The molecule has 1 aromatic rings. The Morgan fingerprint density at radius 1 is 1.40 bits per heavy atom. The van der Waals surface area contributed by atoms with Gasteiger partial charge in [0.2, 0.25) is 0 Å². The summed E-state index contributed by atoms with van der Waals surface area (Å²) in [6.07, 6.45) is 2.15. The molecule has 2 rings (SSSR count). The van der Waals surface area contributed by atoms with E-state index >= 15 is 0 Å². The molecule has 0 saturated carbocycles. The van der Waals surface area contributed by atoms with Gasteiger partial charge in [-0.25, -0.2) is 8.78 Å². The molecule has 3 nitrogen and oxygen atoms in total. The second-order valence-electron chi connectivity index (χ2n) is 5.69. The van der Waals surface area contributed by atoms with E-state index < -0.39 is 11.6 Å². The van der Waals surface area contributed by atoms with Crippen LogP contribution in [0.25, 0.3) is 0 Å². The van der Waals surface area contributed by atoms with E-state index in [2.05, 4.69) is 9.80 Å². The van der Waals surface area contributed by atoms with Gasteiger partial charge in [-0.3, -0.25) is 4.90 Å². The quantitative estimate of drug-likeness (QED) is 0.897. The number of nitrogens with two attached hydrogens (primary N) is 1. The minimum atomic E-state index is -0.802. The lowest BCUT2D eigenvalue weighted by Gasteiger charge is -2.34. The lowest BCUT2D eigenvalue weighted by atomic mass is 10.0. The van der Waals surface area contributed by atoms with Gasteiger partial charge >= 0.3 is 0 Å². The Kier molecular flexibility index (Phi) is 5.07. The Bertz CT molecular complexity index is 451. The molecule has 2 atom stereocenters. The molecule has 0 bridgehead atoms. The highest BCUT2D eigenvalue weighted by Gasteiger charge is 2.32. The van der Waals surface area contributed by atoms with E-state index in [4.69, 9.17) is 5.73 Å². The maximum atomic E-state index is 14.0. The standard InChI is InChI=1S/C15H23F2N3/c1-19(2)10-11-5-4-8-20(11)14(9-18)12-6-3-7-13(16)15(12)17/h3,6-7,11,14H,4-5,8-10,18H2,1-2H3. The molecule has 2 unspecified atom stereocenters. The predicted octanol–water partition coefficient (Wildman–Crippen LogP) is 1.99. The second-order valence-corrected chi connectivity index (χ2v) is 5.69. The van der Waals surface area contributed by atoms with Crippen LogP contribution >= 0.6 is 0 Å². The molecule has 5 heteroatoms.